The number of nitrogens with zero attached hydrogens (tertiary/aromatic N) is 2. The Kier molecular flexibility index (Phi) is 11.2. The van der Waals surface area contributed by atoms with Crippen molar-refractivity contribution in [1.29, 1.82) is 0 Å². The molecule has 7 nitrogen and oxygen atoms in total. The zero-order chi connectivity index (χ0) is 24.3. The molecule has 1 amide bonds. The summed E-state index contributed by atoms with van der Waals surface area (Å²) < 4.78 is 37.6. The lowest BCUT2D eigenvalue weighted by molar-refractivity contribution is -0.132. The predicted molar refractivity (Wildman–Crippen MR) is 134 cm³/mol. The molecule has 0 radical (unpaired) electrons. The van der Waals surface area contributed by atoms with Crippen LogP contribution in [0, 0.1) is 0 Å². The summed E-state index contributed by atoms with van der Waals surface area (Å²) in [6, 6.07) is 9.65. The molecule has 0 spiro atoms. The highest BCUT2D eigenvalue weighted by molar-refractivity contribution is 7.89. The fourth-order valence-electron chi connectivity index (χ4n) is 3.46. The zero-order valence-corrected chi connectivity index (χ0v) is 21.7. The van der Waals surface area contributed by atoms with Gasteiger partial charge in [-0.3, -0.25) is 4.79 Å². The number of carbonyl (C=O) groups excluding carboxylic acids is 1. The van der Waals surface area contributed by atoms with Gasteiger partial charge >= 0.3 is 0 Å². The SMILES string of the molecule is CCCCS(=O)(=O)N(CCC)CC(=O)N(CCc1ccc(OC)c(OC)c1)Cc1cccs1. The maximum Gasteiger partial charge on any atom is 0.238 e. The molecule has 0 fully saturated rings. The number of rotatable bonds is 15. The van der Waals surface area contributed by atoms with Crippen molar-refractivity contribution in [3.05, 3.63) is 46.2 Å². The van der Waals surface area contributed by atoms with Crippen LogP contribution in [0.25, 0.3) is 0 Å². The molecule has 0 saturated carbocycles. The van der Waals surface area contributed by atoms with Gasteiger partial charge < -0.3 is 14.4 Å². The van der Waals surface area contributed by atoms with Gasteiger partial charge in [0.05, 0.1) is 33.1 Å². The van der Waals surface area contributed by atoms with Crippen LogP contribution in [0.4, 0.5) is 0 Å². The molecule has 1 aromatic heterocycles. The third kappa shape index (κ3) is 8.32. The Morgan fingerprint density at radius 1 is 1.03 bits per heavy atom. The second-order valence-corrected chi connectivity index (χ2v) is 11.0. The standard InChI is InChI=1S/C24H36N2O5S2/c1-5-7-16-33(28,29)26(13-6-2)19-24(27)25(18-21-9-8-15-32-21)14-12-20-10-11-22(30-3)23(17-20)31-4/h8-11,15,17H,5-7,12-14,16,18-19H2,1-4H3. The Morgan fingerprint density at radius 3 is 2.39 bits per heavy atom. The molecule has 0 N–H and O–H groups in total. The first-order valence-electron chi connectivity index (χ1n) is 11.3. The number of hydrogen-bond acceptors (Lipinski definition) is 6. The smallest absolute Gasteiger partial charge is 0.238 e. The number of amides is 1. The molecule has 1 aromatic carbocycles. The largest absolute Gasteiger partial charge is 0.493 e. The Hall–Kier alpha value is -2.10. The molecule has 2 aromatic rings. The molecule has 0 unspecified atom stereocenters. The van der Waals surface area contributed by atoms with Crippen LogP contribution in [0.15, 0.2) is 35.7 Å². The van der Waals surface area contributed by atoms with Crippen LogP contribution in [-0.4, -0.2) is 63.1 Å². The average Bonchev–Trinajstić information content (AvgIpc) is 3.33. The molecule has 0 aliphatic carbocycles. The lowest BCUT2D eigenvalue weighted by Crippen LogP contribution is -2.44. The first-order valence-corrected chi connectivity index (χ1v) is 13.8. The Bertz CT molecular complexity index is 961. The van der Waals surface area contributed by atoms with E-state index in [1.165, 1.54) is 4.31 Å². The molecule has 0 aliphatic heterocycles. The second-order valence-electron chi connectivity index (χ2n) is 7.84. The number of carbonyl (C=O) groups is 1. The van der Waals surface area contributed by atoms with Crippen molar-refractivity contribution in [3.8, 4) is 11.5 Å². The van der Waals surface area contributed by atoms with Gasteiger partial charge in [-0.05, 0) is 48.4 Å². The number of sulfonamides is 1. The summed E-state index contributed by atoms with van der Waals surface area (Å²) in [4.78, 5) is 16.1. The Labute approximate surface area is 202 Å². The lowest BCUT2D eigenvalue weighted by atomic mass is 10.1. The van der Waals surface area contributed by atoms with Gasteiger partial charge in [0.1, 0.15) is 0 Å². The van der Waals surface area contributed by atoms with E-state index in [-0.39, 0.29) is 18.2 Å². The summed E-state index contributed by atoms with van der Waals surface area (Å²) in [5, 5.41) is 1.98. The molecule has 0 atom stereocenters. The maximum absolute atomic E-state index is 13.3. The van der Waals surface area contributed by atoms with Crippen molar-refractivity contribution in [2.45, 2.75) is 46.1 Å². The van der Waals surface area contributed by atoms with Gasteiger partial charge in [0.25, 0.3) is 0 Å². The third-order valence-electron chi connectivity index (χ3n) is 5.33. The monoisotopic (exact) mass is 496 g/mol. The van der Waals surface area contributed by atoms with Crippen LogP contribution in [0.1, 0.15) is 43.6 Å². The topological polar surface area (TPSA) is 76.2 Å². The van der Waals surface area contributed by atoms with E-state index < -0.39 is 10.0 Å². The van der Waals surface area contributed by atoms with Gasteiger partial charge in [-0.25, -0.2) is 8.42 Å². The summed E-state index contributed by atoms with van der Waals surface area (Å²) in [5.41, 5.74) is 1.01. The highest BCUT2D eigenvalue weighted by Gasteiger charge is 2.26. The molecule has 33 heavy (non-hydrogen) atoms. The lowest BCUT2D eigenvalue weighted by Gasteiger charge is -2.27. The van der Waals surface area contributed by atoms with E-state index >= 15 is 0 Å². The van der Waals surface area contributed by atoms with E-state index in [9.17, 15) is 13.2 Å². The Balaban J connectivity index is 2.17. The average molecular weight is 497 g/mol. The molecule has 0 bridgehead atoms. The van der Waals surface area contributed by atoms with Crippen molar-refractivity contribution in [3.63, 3.8) is 0 Å². The first kappa shape index (κ1) is 27.1. The fourth-order valence-corrected chi connectivity index (χ4v) is 5.85. The third-order valence-corrected chi connectivity index (χ3v) is 8.10. The van der Waals surface area contributed by atoms with Gasteiger partial charge in [-0.1, -0.05) is 32.4 Å². The number of methoxy groups -OCH3 is 2. The minimum absolute atomic E-state index is 0.0767. The van der Waals surface area contributed by atoms with Gasteiger partial charge in [-0.15, -0.1) is 11.3 Å². The minimum atomic E-state index is -3.46. The van der Waals surface area contributed by atoms with E-state index in [4.69, 9.17) is 9.47 Å². The minimum Gasteiger partial charge on any atom is -0.493 e. The maximum atomic E-state index is 13.3. The van der Waals surface area contributed by atoms with Crippen LogP contribution in [0.2, 0.25) is 0 Å². The molecule has 9 heteroatoms. The van der Waals surface area contributed by atoms with Crippen LogP contribution < -0.4 is 9.47 Å². The van der Waals surface area contributed by atoms with Crippen LogP contribution in [0.5, 0.6) is 11.5 Å². The Morgan fingerprint density at radius 2 is 1.79 bits per heavy atom. The molecule has 184 valence electrons. The number of unbranched alkanes of at least 4 members (excludes halogenated alkanes) is 1. The first-order chi connectivity index (χ1) is 15.8. The van der Waals surface area contributed by atoms with E-state index in [0.717, 1.165) is 16.9 Å². The zero-order valence-electron chi connectivity index (χ0n) is 20.1. The second kappa shape index (κ2) is 13.6. The van der Waals surface area contributed by atoms with Crippen molar-refractivity contribution < 1.29 is 22.7 Å². The van der Waals surface area contributed by atoms with Crippen LogP contribution in [-0.2, 0) is 27.8 Å². The molecule has 0 aliphatic rings. The molecule has 0 saturated heterocycles. The molecule has 1 heterocycles. The van der Waals surface area contributed by atoms with Crippen molar-refractivity contribution in [2.75, 3.05) is 39.6 Å². The van der Waals surface area contributed by atoms with Crippen LogP contribution in [0.3, 0.4) is 0 Å². The quantitative estimate of drug-likeness (QED) is 0.370. The summed E-state index contributed by atoms with van der Waals surface area (Å²) in [6.45, 7) is 5.03. The normalized spacial score (nSPS) is 11.5. The van der Waals surface area contributed by atoms with Crippen LogP contribution >= 0.6 is 11.3 Å². The molecule has 2 rings (SSSR count). The van der Waals surface area contributed by atoms with Gasteiger partial charge in [0.2, 0.25) is 15.9 Å². The van der Waals surface area contributed by atoms with Crippen molar-refractivity contribution in [2.24, 2.45) is 0 Å². The number of hydrogen-bond donors (Lipinski definition) is 0. The van der Waals surface area contributed by atoms with Gasteiger partial charge in [-0.2, -0.15) is 4.31 Å². The van der Waals surface area contributed by atoms with E-state index in [1.807, 2.05) is 49.6 Å². The summed E-state index contributed by atoms with van der Waals surface area (Å²) in [5.74, 6) is 1.19. The van der Waals surface area contributed by atoms with Gasteiger partial charge in [0.15, 0.2) is 11.5 Å². The summed E-state index contributed by atoms with van der Waals surface area (Å²) in [7, 11) is -0.277. The number of thiophene rings is 1. The van der Waals surface area contributed by atoms with Crippen molar-refractivity contribution >= 4 is 27.3 Å². The predicted octanol–water partition coefficient (Wildman–Crippen LogP) is 4.18. The highest BCUT2D eigenvalue weighted by atomic mass is 32.2. The van der Waals surface area contributed by atoms with Gasteiger partial charge in [0, 0.05) is 18.0 Å². The summed E-state index contributed by atoms with van der Waals surface area (Å²) in [6.07, 6.45) is 2.67. The van der Waals surface area contributed by atoms with Crippen molar-refractivity contribution in [1.82, 2.24) is 9.21 Å². The highest BCUT2D eigenvalue weighted by Crippen LogP contribution is 2.28. The fraction of sp³-hybridized carbons (Fsp3) is 0.542. The summed E-state index contributed by atoms with van der Waals surface area (Å²) >= 11 is 1.58. The van der Waals surface area contributed by atoms with E-state index in [0.29, 0.717) is 50.4 Å². The number of ether oxygens (including phenoxy) is 2. The molecular weight excluding hydrogens is 460 g/mol. The molecular formula is C24H36N2O5S2. The van der Waals surface area contributed by atoms with E-state index in [1.54, 1.807) is 30.5 Å². The van der Waals surface area contributed by atoms with E-state index in [2.05, 4.69) is 0 Å². The number of benzene rings is 1.